The van der Waals surface area contributed by atoms with Crippen molar-refractivity contribution in [2.75, 3.05) is 0 Å². The highest BCUT2D eigenvalue weighted by Crippen LogP contribution is 2.40. The fraction of sp³-hybridized carbons (Fsp3) is 0. The minimum Gasteiger partial charge on any atom is -0.309 e. The van der Waals surface area contributed by atoms with E-state index in [4.69, 9.17) is 15.0 Å². The summed E-state index contributed by atoms with van der Waals surface area (Å²) < 4.78 is 4.81. The maximum Gasteiger partial charge on any atom is 0.164 e. The Morgan fingerprint density at radius 3 is 1.08 bits per heavy atom. The quantitative estimate of drug-likeness (QED) is 0.162. The Morgan fingerprint density at radius 1 is 0.226 bits per heavy atom. The Hall–Kier alpha value is -8.41. The molecule has 12 rings (SSSR count). The van der Waals surface area contributed by atoms with Crippen LogP contribution in [0.3, 0.4) is 0 Å². The van der Waals surface area contributed by atoms with Crippen LogP contribution in [-0.2, 0) is 0 Å². The molecule has 9 aromatic carbocycles. The van der Waals surface area contributed by atoms with E-state index in [0.29, 0.717) is 17.5 Å². The van der Waals surface area contributed by atoms with Crippen LogP contribution in [0, 0.1) is 0 Å². The van der Waals surface area contributed by atoms with Gasteiger partial charge in [0.1, 0.15) is 0 Å². The summed E-state index contributed by atoms with van der Waals surface area (Å²) in [5.74, 6) is 1.91. The molecule has 3 heterocycles. The number of rotatable bonds is 7. The highest BCUT2D eigenvalue weighted by atomic mass is 15.0. The van der Waals surface area contributed by atoms with Gasteiger partial charge in [-0.1, -0.05) is 176 Å². The molecule has 62 heavy (non-hydrogen) atoms. The summed E-state index contributed by atoms with van der Waals surface area (Å²) in [5.41, 5.74) is 14.4. The van der Waals surface area contributed by atoms with Crippen molar-refractivity contribution in [2.45, 2.75) is 0 Å². The summed E-state index contributed by atoms with van der Waals surface area (Å²) >= 11 is 0. The lowest BCUT2D eigenvalue weighted by molar-refractivity contribution is 1.07. The second-order valence-electron chi connectivity index (χ2n) is 15.7. The number of benzene rings is 9. The van der Waals surface area contributed by atoms with Crippen LogP contribution in [0.2, 0.25) is 0 Å². The molecular formula is C57H37N5. The number of hydrogen-bond acceptors (Lipinski definition) is 3. The van der Waals surface area contributed by atoms with Gasteiger partial charge in [-0.3, -0.25) is 0 Å². The lowest BCUT2D eigenvalue weighted by Gasteiger charge is -2.12. The predicted molar refractivity (Wildman–Crippen MR) is 256 cm³/mol. The molecule has 0 atom stereocenters. The minimum atomic E-state index is 0.625. The van der Waals surface area contributed by atoms with Crippen molar-refractivity contribution in [3.05, 3.63) is 224 Å². The first kappa shape index (κ1) is 35.5. The molecule has 0 aliphatic rings. The third-order valence-corrected chi connectivity index (χ3v) is 12.0. The normalized spacial score (nSPS) is 11.5. The fourth-order valence-corrected chi connectivity index (χ4v) is 9.02. The second kappa shape index (κ2) is 14.7. The van der Waals surface area contributed by atoms with Gasteiger partial charge in [-0.2, -0.15) is 0 Å². The summed E-state index contributed by atoms with van der Waals surface area (Å²) in [6.07, 6.45) is 0. The maximum atomic E-state index is 5.06. The molecule has 0 spiro atoms. The average molecular weight is 792 g/mol. The van der Waals surface area contributed by atoms with Crippen molar-refractivity contribution in [3.8, 4) is 67.8 Å². The van der Waals surface area contributed by atoms with E-state index < -0.39 is 0 Å². The summed E-state index contributed by atoms with van der Waals surface area (Å²) in [6.45, 7) is 0. The number of hydrogen-bond donors (Lipinski definition) is 0. The first-order chi connectivity index (χ1) is 30.7. The van der Waals surface area contributed by atoms with E-state index in [1.807, 2.05) is 60.7 Å². The summed E-state index contributed by atoms with van der Waals surface area (Å²) in [4.78, 5) is 15.1. The molecule has 5 nitrogen and oxygen atoms in total. The fourth-order valence-electron chi connectivity index (χ4n) is 9.02. The van der Waals surface area contributed by atoms with Gasteiger partial charge in [-0.15, -0.1) is 0 Å². The molecular weight excluding hydrogens is 755 g/mol. The van der Waals surface area contributed by atoms with E-state index in [1.165, 1.54) is 54.8 Å². The average Bonchev–Trinajstić information content (AvgIpc) is 3.86. The van der Waals surface area contributed by atoms with Crippen LogP contribution in [-0.4, -0.2) is 24.1 Å². The molecule has 0 radical (unpaired) electrons. The molecule has 0 saturated heterocycles. The molecule has 0 fully saturated rings. The van der Waals surface area contributed by atoms with Gasteiger partial charge >= 0.3 is 0 Å². The molecule has 12 aromatic rings. The molecule has 0 aliphatic carbocycles. The van der Waals surface area contributed by atoms with Gasteiger partial charge in [0.2, 0.25) is 0 Å². The monoisotopic (exact) mass is 791 g/mol. The summed E-state index contributed by atoms with van der Waals surface area (Å²) in [6, 6.07) is 79.4. The first-order valence-corrected chi connectivity index (χ1v) is 20.9. The molecule has 5 heteroatoms. The molecule has 0 bridgehead atoms. The highest BCUT2D eigenvalue weighted by molar-refractivity contribution is 6.19. The predicted octanol–water partition coefficient (Wildman–Crippen LogP) is 14.4. The number of para-hydroxylation sites is 2. The summed E-state index contributed by atoms with van der Waals surface area (Å²) in [7, 11) is 0. The number of nitrogens with zero attached hydrogens (tertiary/aromatic N) is 5. The van der Waals surface area contributed by atoms with Crippen LogP contribution in [0.15, 0.2) is 224 Å². The van der Waals surface area contributed by atoms with Crippen LogP contribution >= 0.6 is 0 Å². The smallest absolute Gasteiger partial charge is 0.164 e. The van der Waals surface area contributed by atoms with E-state index in [2.05, 4.69) is 173 Å². The van der Waals surface area contributed by atoms with E-state index in [1.54, 1.807) is 0 Å². The van der Waals surface area contributed by atoms with Gasteiger partial charge in [0.25, 0.3) is 0 Å². The molecule has 0 N–H and O–H groups in total. The third kappa shape index (κ3) is 6.06. The Kier molecular flexibility index (Phi) is 8.42. The van der Waals surface area contributed by atoms with Gasteiger partial charge in [0.05, 0.1) is 22.1 Å². The first-order valence-electron chi connectivity index (χ1n) is 20.9. The topological polar surface area (TPSA) is 48.5 Å². The van der Waals surface area contributed by atoms with Crippen LogP contribution in [0.25, 0.3) is 111 Å². The van der Waals surface area contributed by atoms with Crippen molar-refractivity contribution in [1.82, 2.24) is 24.1 Å². The van der Waals surface area contributed by atoms with E-state index in [-0.39, 0.29) is 0 Å². The molecule has 0 aliphatic heterocycles. The van der Waals surface area contributed by atoms with Crippen LogP contribution in [0.1, 0.15) is 0 Å². The van der Waals surface area contributed by atoms with Crippen LogP contribution in [0.5, 0.6) is 0 Å². The van der Waals surface area contributed by atoms with Gasteiger partial charge in [-0.05, 0) is 70.8 Å². The largest absolute Gasteiger partial charge is 0.309 e. The molecule has 0 unspecified atom stereocenters. The van der Waals surface area contributed by atoms with Crippen molar-refractivity contribution >= 4 is 43.6 Å². The van der Waals surface area contributed by atoms with Gasteiger partial charge < -0.3 is 9.13 Å². The Balaban J connectivity index is 1.02. The van der Waals surface area contributed by atoms with Crippen molar-refractivity contribution in [1.29, 1.82) is 0 Å². The van der Waals surface area contributed by atoms with E-state index >= 15 is 0 Å². The molecule has 3 aromatic heterocycles. The van der Waals surface area contributed by atoms with Crippen molar-refractivity contribution < 1.29 is 0 Å². The Morgan fingerprint density at radius 2 is 0.581 bits per heavy atom. The van der Waals surface area contributed by atoms with Crippen molar-refractivity contribution in [2.24, 2.45) is 0 Å². The molecule has 0 saturated carbocycles. The van der Waals surface area contributed by atoms with Crippen LogP contribution in [0.4, 0.5) is 0 Å². The van der Waals surface area contributed by atoms with Crippen LogP contribution < -0.4 is 0 Å². The standard InChI is InChI=1S/C57H37N5/c1-4-16-38(17-5-1)39-30-32-40(33-31-39)43-22-14-24-45(34-43)61-51-28-12-10-26-47(51)49-37-54-50(36-53(49)61)48-27-11-13-29-52(48)62(54)46-25-15-23-44(35-46)57-59-55(41-18-6-2-7-19-41)58-56(60-57)42-20-8-3-9-21-42/h1-37H. The molecule has 290 valence electrons. The zero-order chi connectivity index (χ0) is 41.0. The number of fused-ring (bicyclic) bond motifs is 6. The lowest BCUT2D eigenvalue weighted by Crippen LogP contribution is -2.01. The zero-order valence-electron chi connectivity index (χ0n) is 33.6. The minimum absolute atomic E-state index is 0.625. The second-order valence-corrected chi connectivity index (χ2v) is 15.7. The zero-order valence-corrected chi connectivity index (χ0v) is 33.6. The SMILES string of the molecule is c1ccc(-c2ccc(-c3cccc(-n4c5ccccc5c5cc6c(cc54)c4ccccc4n6-c4cccc(-c5nc(-c6ccccc6)nc(-c6ccccc6)n5)c4)c3)cc2)cc1. The lowest BCUT2D eigenvalue weighted by atomic mass is 10.00. The molecule has 0 amide bonds. The van der Waals surface area contributed by atoms with E-state index in [9.17, 15) is 0 Å². The van der Waals surface area contributed by atoms with E-state index in [0.717, 1.165) is 39.1 Å². The van der Waals surface area contributed by atoms with Crippen molar-refractivity contribution in [3.63, 3.8) is 0 Å². The number of aromatic nitrogens is 5. The summed E-state index contributed by atoms with van der Waals surface area (Å²) in [5, 5.41) is 4.79. The van der Waals surface area contributed by atoms with Gasteiger partial charge in [-0.25, -0.2) is 15.0 Å². The third-order valence-electron chi connectivity index (χ3n) is 12.0. The Labute approximate surface area is 358 Å². The van der Waals surface area contributed by atoms with Gasteiger partial charge in [0.15, 0.2) is 17.5 Å². The maximum absolute atomic E-state index is 5.06. The van der Waals surface area contributed by atoms with Gasteiger partial charge in [0, 0.05) is 49.6 Å². The Bertz CT molecular complexity index is 3550. The highest BCUT2D eigenvalue weighted by Gasteiger charge is 2.20.